The van der Waals surface area contributed by atoms with Gasteiger partial charge in [0.1, 0.15) is 0 Å². The van der Waals surface area contributed by atoms with Crippen LogP contribution in [0, 0.1) is 18.3 Å². The number of hydrogen-bond donors (Lipinski definition) is 0. The second-order valence-corrected chi connectivity index (χ2v) is 5.05. The molecule has 0 aliphatic carbocycles. The number of rotatable bonds is 2. The third-order valence-corrected chi connectivity index (χ3v) is 3.55. The molecule has 0 spiro atoms. The van der Waals surface area contributed by atoms with Crippen LogP contribution in [0.5, 0.6) is 0 Å². The first-order valence-corrected chi connectivity index (χ1v) is 6.56. The van der Waals surface area contributed by atoms with E-state index >= 15 is 0 Å². The largest absolute Gasteiger partial charge is 0.300 e. The Morgan fingerprint density at radius 2 is 1.81 bits per heavy atom. The van der Waals surface area contributed by atoms with Crippen LogP contribution in [0.15, 0.2) is 42.5 Å². The lowest BCUT2D eigenvalue weighted by Crippen LogP contribution is -2.29. The monoisotopic (exact) mass is 276 g/mol. The van der Waals surface area contributed by atoms with Crippen LogP contribution in [0.25, 0.3) is 0 Å². The standard InChI is InChI=1S/C17H12N2O2/c1-11-2-7-15-14(8-11)16(20)17(21)19(15)10-13-5-3-12(9-18)4-6-13/h2-8H,10H2,1H3. The smallest absolute Gasteiger partial charge is 0.299 e. The summed E-state index contributed by atoms with van der Waals surface area (Å²) in [6.45, 7) is 2.22. The minimum Gasteiger partial charge on any atom is -0.300 e. The molecule has 1 aliphatic heterocycles. The first-order chi connectivity index (χ1) is 10.1. The Kier molecular flexibility index (Phi) is 3.03. The van der Waals surface area contributed by atoms with Crippen molar-refractivity contribution >= 4 is 17.4 Å². The van der Waals surface area contributed by atoms with E-state index in [4.69, 9.17) is 5.26 Å². The van der Waals surface area contributed by atoms with Gasteiger partial charge in [0.2, 0.25) is 0 Å². The van der Waals surface area contributed by atoms with Crippen LogP contribution >= 0.6 is 0 Å². The zero-order valence-corrected chi connectivity index (χ0v) is 11.5. The molecule has 0 bridgehead atoms. The van der Waals surface area contributed by atoms with Crippen LogP contribution in [0.4, 0.5) is 5.69 Å². The Morgan fingerprint density at radius 1 is 1.10 bits per heavy atom. The van der Waals surface area contributed by atoms with Crippen LogP contribution in [0.3, 0.4) is 0 Å². The van der Waals surface area contributed by atoms with Crippen molar-refractivity contribution in [1.82, 2.24) is 0 Å². The molecule has 0 fully saturated rings. The van der Waals surface area contributed by atoms with Crippen molar-refractivity contribution in [3.8, 4) is 6.07 Å². The molecule has 4 heteroatoms. The van der Waals surface area contributed by atoms with Crippen molar-refractivity contribution in [3.63, 3.8) is 0 Å². The van der Waals surface area contributed by atoms with Crippen LogP contribution in [-0.4, -0.2) is 11.7 Å². The molecule has 1 heterocycles. The number of Topliss-reactive ketones (excluding diaryl/α,β-unsaturated/α-hetero) is 1. The molecule has 0 saturated carbocycles. The van der Waals surface area contributed by atoms with Gasteiger partial charge in [0.05, 0.1) is 29.4 Å². The van der Waals surface area contributed by atoms with Crippen molar-refractivity contribution in [1.29, 1.82) is 5.26 Å². The predicted octanol–water partition coefficient (Wildman–Crippen LogP) is 2.60. The summed E-state index contributed by atoms with van der Waals surface area (Å²) in [7, 11) is 0. The molecule has 2 aromatic carbocycles. The molecule has 0 N–H and O–H groups in total. The molecule has 21 heavy (non-hydrogen) atoms. The maximum atomic E-state index is 12.1. The van der Waals surface area contributed by atoms with Crippen molar-refractivity contribution < 1.29 is 9.59 Å². The number of nitriles is 1. The second-order valence-electron chi connectivity index (χ2n) is 5.05. The minimum absolute atomic E-state index is 0.326. The average Bonchev–Trinajstić information content (AvgIpc) is 2.73. The van der Waals surface area contributed by atoms with Crippen LogP contribution < -0.4 is 4.90 Å². The number of carbonyl (C=O) groups excluding carboxylic acids is 2. The SMILES string of the molecule is Cc1ccc2c(c1)C(=O)C(=O)N2Cc1ccc(C#N)cc1. The Bertz CT molecular complexity index is 785. The summed E-state index contributed by atoms with van der Waals surface area (Å²) in [6.07, 6.45) is 0. The number of nitrogens with zero attached hydrogens (tertiary/aromatic N) is 2. The zero-order valence-electron chi connectivity index (χ0n) is 11.5. The molecule has 4 nitrogen and oxygen atoms in total. The van der Waals surface area contributed by atoms with Gasteiger partial charge in [-0.1, -0.05) is 23.8 Å². The zero-order chi connectivity index (χ0) is 15.0. The number of benzene rings is 2. The van der Waals surface area contributed by atoms with E-state index in [2.05, 4.69) is 6.07 Å². The highest BCUT2D eigenvalue weighted by Gasteiger charge is 2.35. The summed E-state index contributed by atoms with van der Waals surface area (Å²) in [6, 6.07) is 14.5. The van der Waals surface area contributed by atoms with Gasteiger partial charge in [0, 0.05) is 0 Å². The highest BCUT2D eigenvalue weighted by molar-refractivity contribution is 6.52. The van der Waals surface area contributed by atoms with E-state index in [0.29, 0.717) is 23.4 Å². The quantitative estimate of drug-likeness (QED) is 0.792. The van der Waals surface area contributed by atoms with Gasteiger partial charge in [-0.05, 0) is 36.8 Å². The van der Waals surface area contributed by atoms with E-state index < -0.39 is 11.7 Å². The van der Waals surface area contributed by atoms with Gasteiger partial charge in [0.25, 0.3) is 11.7 Å². The molecular weight excluding hydrogens is 264 g/mol. The molecule has 0 radical (unpaired) electrons. The number of fused-ring (bicyclic) bond motifs is 1. The lowest BCUT2D eigenvalue weighted by molar-refractivity contribution is -0.114. The van der Waals surface area contributed by atoms with Gasteiger partial charge in [-0.2, -0.15) is 5.26 Å². The van der Waals surface area contributed by atoms with Crippen molar-refractivity contribution in [3.05, 3.63) is 64.7 Å². The average molecular weight is 276 g/mol. The first-order valence-electron chi connectivity index (χ1n) is 6.56. The van der Waals surface area contributed by atoms with Crippen LogP contribution in [0.2, 0.25) is 0 Å². The lowest BCUT2D eigenvalue weighted by Gasteiger charge is -2.16. The van der Waals surface area contributed by atoms with Gasteiger partial charge in [0.15, 0.2) is 0 Å². The molecule has 1 amide bonds. The molecule has 2 aromatic rings. The molecule has 1 aliphatic rings. The number of aryl methyl sites for hydroxylation is 1. The van der Waals surface area contributed by atoms with E-state index in [1.54, 1.807) is 36.4 Å². The Morgan fingerprint density at radius 3 is 2.48 bits per heavy atom. The fourth-order valence-corrected chi connectivity index (χ4v) is 2.44. The third kappa shape index (κ3) is 2.19. The van der Waals surface area contributed by atoms with E-state index in [-0.39, 0.29) is 0 Å². The molecule has 0 atom stereocenters. The highest BCUT2D eigenvalue weighted by Crippen LogP contribution is 2.31. The summed E-state index contributed by atoms with van der Waals surface area (Å²) in [5.41, 5.74) is 3.52. The third-order valence-electron chi connectivity index (χ3n) is 3.55. The maximum absolute atomic E-state index is 12.1. The Balaban J connectivity index is 1.94. The summed E-state index contributed by atoms with van der Waals surface area (Å²) in [5.74, 6) is -0.956. The molecule has 0 unspecified atom stereocenters. The van der Waals surface area contributed by atoms with Gasteiger partial charge < -0.3 is 4.90 Å². The number of ketones is 1. The normalized spacial score (nSPS) is 13.2. The van der Waals surface area contributed by atoms with Crippen molar-refractivity contribution in [2.45, 2.75) is 13.5 Å². The summed E-state index contributed by atoms with van der Waals surface area (Å²) < 4.78 is 0. The number of amides is 1. The Labute approximate surface area is 122 Å². The number of hydrogen-bond acceptors (Lipinski definition) is 3. The van der Waals surface area contributed by atoms with E-state index in [1.807, 2.05) is 13.0 Å². The number of carbonyl (C=O) groups is 2. The van der Waals surface area contributed by atoms with Gasteiger partial charge in [-0.3, -0.25) is 9.59 Å². The van der Waals surface area contributed by atoms with E-state index in [0.717, 1.165) is 11.1 Å². The highest BCUT2D eigenvalue weighted by atomic mass is 16.2. The molecular formula is C17H12N2O2. The van der Waals surface area contributed by atoms with Crippen molar-refractivity contribution in [2.24, 2.45) is 0 Å². The second kappa shape index (κ2) is 4.88. The molecule has 3 rings (SSSR count). The van der Waals surface area contributed by atoms with Crippen LogP contribution in [-0.2, 0) is 11.3 Å². The van der Waals surface area contributed by atoms with Crippen molar-refractivity contribution in [2.75, 3.05) is 4.90 Å². The van der Waals surface area contributed by atoms with Gasteiger partial charge in [-0.25, -0.2) is 0 Å². The first kappa shape index (κ1) is 13.1. The summed E-state index contributed by atoms with van der Waals surface area (Å²) >= 11 is 0. The number of anilines is 1. The van der Waals surface area contributed by atoms with Crippen LogP contribution in [0.1, 0.15) is 27.0 Å². The van der Waals surface area contributed by atoms with Gasteiger partial charge in [-0.15, -0.1) is 0 Å². The van der Waals surface area contributed by atoms with Gasteiger partial charge >= 0.3 is 0 Å². The summed E-state index contributed by atoms with van der Waals surface area (Å²) in [5, 5.41) is 8.79. The molecule has 0 aromatic heterocycles. The summed E-state index contributed by atoms with van der Waals surface area (Å²) in [4.78, 5) is 25.6. The van der Waals surface area contributed by atoms with E-state index in [9.17, 15) is 9.59 Å². The molecule has 102 valence electrons. The predicted molar refractivity (Wildman–Crippen MR) is 77.9 cm³/mol. The Hall–Kier alpha value is -2.93. The van der Waals surface area contributed by atoms with E-state index in [1.165, 1.54) is 4.90 Å². The fraction of sp³-hybridized carbons (Fsp3) is 0.118. The fourth-order valence-electron chi connectivity index (χ4n) is 2.44. The molecule has 0 saturated heterocycles. The lowest BCUT2D eigenvalue weighted by atomic mass is 10.1. The topological polar surface area (TPSA) is 61.2 Å². The maximum Gasteiger partial charge on any atom is 0.299 e. The minimum atomic E-state index is -0.500.